The number of amides is 1. The number of nitrogens with one attached hydrogen (secondary N) is 2. The fourth-order valence-corrected chi connectivity index (χ4v) is 1.94. The van der Waals surface area contributed by atoms with E-state index in [9.17, 15) is 18.0 Å². The van der Waals surface area contributed by atoms with E-state index < -0.39 is 24.7 Å². The van der Waals surface area contributed by atoms with Gasteiger partial charge in [0.2, 0.25) is 5.91 Å². The van der Waals surface area contributed by atoms with E-state index in [1.165, 1.54) is 6.26 Å². The number of carbonyl (C=O) groups is 1. The molecule has 2 N–H and O–H groups in total. The maximum absolute atomic E-state index is 12.1. The third kappa shape index (κ3) is 4.92. The van der Waals surface area contributed by atoms with Crippen molar-refractivity contribution in [2.24, 2.45) is 0 Å². The monoisotopic (exact) mass is 312 g/mol. The first kappa shape index (κ1) is 16.1. The van der Waals surface area contributed by atoms with Crippen LogP contribution in [0.5, 0.6) is 0 Å². The molecule has 0 fully saturated rings. The van der Waals surface area contributed by atoms with Crippen LogP contribution in [0.1, 0.15) is 17.4 Å². The Bertz CT molecular complexity index is 583. The molecule has 0 spiro atoms. The van der Waals surface area contributed by atoms with Crippen LogP contribution in [0.15, 0.2) is 53.1 Å². The molecule has 1 aromatic heterocycles. The quantitative estimate of drug-likeness (QED) is 0.862. The van der Waals surface area contributed by atoms with Crippen molar-refractivity contribution in [3.63, 3.8) is 0 Å². The lowest BCUT2D eigenvalue weighted by Crippen LogP contribution is -2.40. The highest BCUT2D eigenvalue weighted by Gasteiger charge is 2.27. The molecule has 0 aliphatic carbocycles. The largest absolute Gasteiger partial charge is 0.467 e. The van der Waals surface area contributed by atoms with E-state index in [0.29, 0.717) is 5.76 Å². The van der Waals surface area contributed by atoms with E-state index in [-0.39, 0.29) is 6.54 Å². The van der Waals surface area contributed by atoms with Gasteiger partial charge in [0.15, 0.2) is 0 Å². The molecule has 1 amide bonds. The van der Waals surface area contributed by atoms with Crippen LogP contribution in [0, 0.1) is 0 Å². The van der Waals surface area contributed by atoms with E-state index in [4.69, 9.17) is 4.42 Å². The van der Waals surface area contributed by atoms with Crippen molar-refractivity contribution in [1.82, 2.24) is 10.6 Å². The van der Waals surface area contributed by atoms with Crippen LogP contribution in [0.2, 0.25) is 0 Å². The molecule has 1 heterocycles. The highest BCUT2D eigenvalue weighted by molar-refractivity contribution is 5.78. The van der Waals surface area contributed by atoms with Crippen molar-refractivity contribution < 1.29 is 22.4 Å². The van der Waals surface area contributed by atoms with E-state index in [2.05, 4.69) is 5.32 Å². The maximum Gasteiger partial charge on any atom is 0.405 e. The summed E-state index contributed by atoms with van der Waals surface area (Å²) < 4.78 is 41.5. The molecule has 0 saturated heterocycles. The SMILES string of the molecule is O=C(CN[C@H](c1ccccc1)c1ccco1)NCC(F)(F)F. The molecule has 2 aromatic rings. The number of alkyl halides is 3. The number of benzene rings is 1. The van der Waals surface area contributed by atoms with Gasteiger partial charge in [-0.15, -0.1) is 0 Å². The number of carbonyl (C=O) groups excluding carboxylic acids is 1. The highest BCUT2D eigenvalue weighted by Crippen LogP contribution is 2.22. The second-order valence-electron chi connectivity index (χ2n) is 4.63. The summed E-state index contributed by atoms with van der Waals surface area (Å²) in [6, 6.07) is 12.2. The zero-order valence-electron chi connectivity index (χ0n) is 11.6. The van der Waals surface area contributed by atoms with Gasteiger partial charge in [-0.05, 0) is 17.7 Å². The first-order valence-corrected chi connectivity index (χ1v) is 6.61. The fourth-order valence-electron chi connectivity index (χ4n) is 1.94. The van der Waals surface area contributed by atoms with Crippen LogP contribution in [0.25, 0.3) is 0 Å². The maximum atomic E-state index is 12.1. The molecule has 0 aliphatic rings. The predicted octanol–water partition coefficient (Wildman–Crippen LogP) is 2.64. The molecule has 1 aromatic carbocycles. The molecular formula is C15H15F3N2O2. The number of furan rings is 1. The zero-order chi connectivity index (χ0) is 16.0. The van der Waals surface area contributed by atoms with Crippen molar-refractivity contribution in [3.8, 4) is 0 Å². The molecule has 2 rings (SSSR count). The molecule has 4 nitrogen and oxygen atoms in total. The molecule has 1 atom stereocenters. The zero-order valence-corrected chi connectivity index (χ0v) is 11.6. The third-order valence-electron chi connectivity index (χ3n) is 2.91. The van der Waals surface area contributed by atoms with Gasteiger partial charge in [-0.1, -0.05) is 30.3 Å². The molecule has 0 unspecified atom stereocenters. The summed E-state index contributed by atoms with van der Waals surface area (Å²) >= 11 is 0. The van der Waals surface area contributed by atoms with Gasteiger partial charge in [-0.3, -0.25) is 10.1 Å². The number of halogens is 3. The van der Waals surface area contributed by atoms with Gasteiger partial charge < -0.3 is 9.73 Å². The van der Waals surface area contributed by atoms with E-state index >= 15 is 0 Å². The van der Waals surface area contributed by atoms with Crippen LogP contribution in [-0.2, 0) is 4.79 Å². The molecular weight excluding hydrogens is 297 g/mol. The van der Waals surface area contributed by atoms with Crippen molar-refractivity contribution in [2.45, 2.75) is 12.2 Å². The normalized spacial score (nSPS) is 12.9. The highest BCUT2D eigenvalue weighted by atomic mass is 19.4. The van der Waals surface area contributed by atoms with Crippen LogP contribution < -0.4 is 10.6 Å². The summed E-state index contributed by atoms with van der Waals surface area (Å²) in [6.45, 7) is -1.60. The first-order chi connectivity index (χ1) is 10.5. The van der Waals surface area contributed by atoms with Gasteiger partial charge in [0, 0.05) is 0 Å². The number of hydrogen-bond donors (Lipinski definition) is 2. The van der Waals surface area contributed by atoms with Gasteiger partial charge in [0.05, 0.1) is 18.8 Å². The molecule has 0 saturated carbocycles. The van der Waals surface area contributed by atoms with Crippen molar-refractivity contribution >= 4 is 5.91 Å². The molecule has 118 valence electrons. The average molecular weight is 312 g/mol. The Balaban J connectivity index is 1.98. The van der Waals surface area contributed by atoms with Crippen molar-refractivity contribution in [3.05, 3.63) is 60.1 Å². The second kappa shape index (κ2) is 7.13. The molecule has 7 heteroatoms. The van der Waals surface area contributed by atoms with Gasteiger partial charge in [-0.2, -0.15) is 13.2 Å². The molecule has 22 heavy (non-hydrogen) atoms. The third-order valence-corrected chi connectivity index (χ3v) is 2.91. The summed E-state index contributed by atoms with van der Waals surface area (Å²) in [6.07, 6.45) is -2.92. The number of rotatable bonds is 6. The Kier molecular flexibility index (Phi) is 5.21. The van der Waals surface area contributed by atoms with Gasteiger partial charge in [0.1, 0.15) is 12.3 Å². The Morgan fingerprint density at radius 1 is 1.14 bits per heavy atom. The molecule has 0 radical (unpaired) electrons. The standard InChI is InChI=1S/C15H15F3N2O2/c16-15(17,18)10-20-13(21)9-19-14(12-7-4-8-22-12)11-5-2-1-3-6-11/h1-8,14,19H,9-10H2,(H,20,21)/t14-/m1/s1. The summed E-state index contributed by atoms with van der Waals surface area (Å²) in [5, 5.41) is 4.72. The van der Waals surface area contributed by atoms with Gasteiger partial charge in [0.25, 0.3) is 0 Å². The van der Waals surface area contributed by atoms with Crippen LogP contribution in [-0.4, -0.2) is 25.2 Å². The average Bonchev–Trinajstić information content (AvgIpc) is 3.00. The van der Waals surface area contributed by atoms with Gasteiger partial charge >= 0.3 is 6.18 Å². The topological polar surface area (TPSA) is 54.3 Å². The Morgan fingerprint density at radius 3 is 2.45 bits per heavy atom. The molecule has 0 bridgehead atoms. The van der Waals surface area contributed by atoms with E-state index in [0.717, 1.165) is 5.56 Å². The van der Waals surface area contributed by atoms with E-state index in [1.807, 2.05) is 35.6 Å². The Hall–Kier alpha value is -2.28. The predicted molar refractivity (Wildman–Crippen MR) is 74.1 cm³/mol. The molecule has 0 aliphatic heterocycles. The lowest BCUT2D eigenvalue weighted by atomic mass is 10.0. The van der Waals surface area contributed by atoms with E-state index in [1.54, 1.807) is 12.1 Å². The minimum Gasteiger partial charge on any atom is -0.467 e. The second-order valence-corrected chi connectivity index (χ2v) is 4.63. The van der Waals surface area contributed by atoms with Crippen LogP contribution in [0.3, 0.4) is 0 Å². The van der Waals surface area contributed by atoms with Crippen molar-refractivity contribution in [2.75, 3.05) is 13.1 Å². The lowest BCUT2D eigenvalue weighted by molar-refractivity contribution is -0.137. The first-order valence-electron chi connectivity index (χ1n) is 6.61. The van der Waals surface area contributed by atoms with Gasteiger partial charge in [-0.25, -0.2) is 0 Å². The smallest absolute Gasteiger partial charge is 0.405 e. The van der Waals surface area contributed by atoms with Crippen LogP contribution in [0.4, 0.5) is 13.2 Å². The number of hydrogen-bond acceptors (Lipinski definition) is 3. The summed E-state index contributed by atoms with van der Waals surface area (Å²) in [5.41, 5.74) is 0.848. The Morgan fingerprint density at radius 2 is 1.86 bits per heavy atom. The van der Waals surface area contributed by atoms with Crippen LogP contribution >= 0.6 is 0 Å². The lowest BCUT2D eigenvalue weighted by Gasteiger charge is -2.17. The summed E-state index contributed by atoms with van der Waals surface area (Å²) in [5.74, 6) is -0.153. The minimum atomic E-state index is -4.42. The Labute approximate surface area is 125 Å². The fraction of sp³-hybridized carbons (Fsp3) is 0.267. The minimum absolute atomic E-state index is 0.254. The van der Waals surface area contributed by atoms with Crippen molar-refractivity contribution in [1.29, 1.82) is 0 Å². The summed E-state index contributed by atoms with van der Waals surface area (Å²) in [7, 11) is 0. The summed E-state index contributed by atoms with van der Waals surface area (Å²) in [4.78, 5) is 11.5.